The van der Waals surface area contributed by atoms with Crippen molar-refractivity contribution in [3.63, 3.8) is 0 Å². The molecule has 9 heavy (non-hydrogen) atoms. The number of rotatable bonds is 2. The van der Waals surface area contributed by atoms with E-state index in [0.717, 1.165) is 18.1 Å². The molecule has 1 aliphatic heterocycles. The highest BCUT2D eigenvalue weighted by atomic mass is 16.6. The second-order valence-electron chi connectivity index (χ2n) is 4.19. The summed E-state index contributed by atoms with van der Waals surface area (Å²) in [6.07, 6.45) is 4.65. The van der Waals surface area contributed by atoms with Crippen LogP contribution in [0.2, 0.25) is 0 Å². The van der Waals surface area contributed by atoms with Gasteiger partial charge in [0.15, 0.2) is 0 Å². The molecular weight excluding hydrogens is 112 g/mol. The Hall–Kier alpha value is -0.0400. The van der Waals surface area contributed by atoms with Gasteiger partial charge < -0.3 is 4.74 Å². The summed E-state index contributed by atoms with van der Waals surface area (Å²) >= 11 is 0. The molecule has 0 aromatic heterocycles. The largest absolute Gasteiger partial charge is 0.369 e. The molecule has 4 rings (SSSR count). The van der Waals surface area contributed by atoms with E-state index in [1.165, 1.54) is 24.2 Å². The zero-order valence-corrected chi connectivity index (χ0v) is 5.29. The molecule has 3 aliphatic carbocycles. The first-order valence-corrected chi connectivity index (χ1v) is 4.10. The lowest BCUT2D eigenvalue weighted by atomic mass is 10.1. The first kappa shape index (κ1) is 3.97. The summed E-state index contributed by atoms with van der Waals surface area (Å²) in [6.45, 7) is 0. The van der Waals surface area contributed by atoms with Crippen molar-refractivity contribution in [2.75, 3.05) is 0 Å². The minimum atomic E-state index is 0.769. The van der Waals surface area contributed by atoms with E-state index in [4.69, 9.17) is 4.74 Å². The van der Waals surface area contributed by atoms with Gasteiger partial charge in [0.05, 0.1) is 12.2 Å². The number of fused-ring (bicyclic) bond motifs is 2. The van der Waals surface area contributed by atoms with Crippen LogP contribution in [0.4, 0.5) is 0 Å². The maximum absolute atomic E-state index is 5.20. The van der Waals surface area contributed by atoms with Gasteiger partial charge in [-0.25, -0.2) is 0 Å². The Labute approximate surface area is 54.4 Å². The molecular formula is C8H10O. The van der Waals surface area contributed by atoms with E-state index in [2.05, 4.69) is 0 Å². The molecule has 4 fully saturated rings. The van der Waals surface area contributed by atoms with E-state index in [1.807, 2.05) is 0 Å². The van der Waals surface area contributed by atoms with Gasteiger partial charge in [-0.05, 0) is 30.6 Å². The monoisotopic (exact) mass is 122 g/mol. The molecule has 0 radical (unpaired) electrons. The molecule has 0 aromatic carbocycles. The van der Waals surface area contributed by atoms with E-state index in [-0.39, 0.29) is 0 Å². The van der Waals surface area contributed by atoms with Crippen molar-refractivity contribution in [2.24, 2.45) is 23.7 Å². The van der Waals surface area contributed by atoms with Crippen LogP contribution in [-0.4, -0.2) is 12.2 Å². The van der Waals surface area contributed by atoms with Crippen LogP contribution >= 0.6 is 0 Å². The molecule has 0 amide bonds. The molecule has 0 bridgehead atoms. The third kappa shape index (κ3) is 0.362. The average molecular weight is 122 g/mol. The minimum absolute atomic E-state index is 0.769. The van der Waals surface area contributed by atoms with Crippen LogP contribution in [0.1, 0.15) is 12.8 Å². The highest BCUT2D eigenvalue weighted by Crippen LogP contribution is 2.73. The summed E-state index contributed by atoms with van der Waals surface area (Å²) in [7, 11) is 0. The Balaban J connectivity index is 1.43. The predicted octanol–water partition coefficient (Wildman–Crippen LogP) is 1.04. The SMILES string of the molecule is C1C2C1C2CC1C2OC12. The lowest BCUT2D eigenvalue weighted by molar-refractivity contribution is 0.205. The van der Waals surface area contributed by atoms with Crippen molar-refractivity contribution in [3.8, 4) is 0 Å². The average Bonchev–Trinajstić information content (AvgIpc) is 2.55. The van der Waals surface area contributed by atoms with Gasteiger partial charge in [0.1, 0.15) is 0 Å². The van der Waals surface area contributed by atoms with Crippen LogP contribution in [-0.2, 0) is 4.74 Å². The van der Waals surface area contributed by atoms with Crippen LogP contribution < -0.4 is 0 Å². The summed E-state index contributed by atoms with van der Waals surface area (Å²) < 4.78 is 5.20. The topological polar surface area (TPSA) is 12.5 Å². The van der Waals surface area contributed by atoms with E-state index in [0.29, 0.717) is 0 Å². The Morgan fingerprint density at radius 3 is 2.22 bits per heavy atom. The van der Waals surface area contributed by atoms with Gasteiger partial charge in [0, 0.05) is 5.92 Å². The van der Waals surface area contributed by atoms with Gasteiger partial charge >= 0.3 is 0 Å². The van der Waals surface area contributed by atoms with Gasteiger partial charge in [-0.15, -0.1) is 0 Å². The van der Waals surface area contributed by atoms with Crippen molar-refractivity contribution >= 4 is 0 Å². The molecule has 48 valence electrons. The molecule has 0 N–H and O–H groups in total. The molecule has 1 saturated heterocycles. The molecule has 1 heteroatoms. The van der Waals surface area contributed by atoms with Gasteiger partial charge in [-0.3, -0.25) is 0 Å². The molecule has 0 aromatic rings. The molecule has 3 saturated carbocycles. The van der Waals surface area contributed by atoms with E-state index in [1.54, 1.807) is 6.42 Å². The number of hydrogen-bond donors (Lipinski definition) is 0. The number of ether oxygens (including phenoxy) is 1. The van der Waals surface area contributed by atoms with E-state index >= 15 is 0 Å². The van der Waals surface area contributed by atoms with Crippen molar-refractivity contribution in [3.05, 3.63) is 0 Å². The summed E-state index contributed by atoms with van der Waals surface area (Å²) in [5.41, 5.74) is 0. The van der Waals surface area contributed by atoms with Crippen LogP contribution in [0.5, 0.6) is 0 Å². The van der Waals surface area contributed by atoms with Gasteiger partial charge in [-0.1, -0.05) is 0 Å². The Kier molecular flexibility index (Phi) is 0.387. The Morgan fingerprint density at radius 2 is 1.89 bits per heavy atom. The van der Waals surface area contributed by atoms with Crippen molar-refractivity contribution in [1.82, 2.24) is 0 Å². The maximum Gasteiger partial charge on any atom is 0.0899 e. The van der Waals surface area contributed by atoms with E-state index in [9.17, 15) is 0 Å². The fraction of sp³-hybridized carbons (Fsp3) is 1.00. The fourth-order valence-electron chi connectivity index (χ4n) is 2.41. The summed E-state index contributed by atoms with van der Waals surface area (Å²) in [5, 5.41) is 0. The van der Waals surface area contributed by atoms with Crippen molar-refractivity contribution in [1.29, 1.82) is 0 Å². The molecule has 4 aliphatic rings. The van der Waals surface area contributed by atoms with Gasteiger partial charge in [0.2, 0.25) is 0 Å². The standard InChI is InChI=1S/C8H10O/c1-3-4(1)5(3)2-6-7-8(6)9-7/h3-8H,1-2H2. The zero-order chi connectivity index (χ0) is 5.59. The molecule has 1 nitrogen and oxygen atoms in total. The second kappa shape index (κ2) is 0.878. The van der Waals surface area contributed by atoms with Crippen LogP contribution in [0.25, 0.3) is 0 Å². The Morgan fingerprint density at radius 1 is 1.11 bits per heavy atom. The Bertz CT molecular complexity index is 153. The lowest BCUT2D eigenvalue weighted by Gasteiger charge is -2.03. The highest BCUT2D eigenvalue weighted by Gasteiger charge is 2.72. The summed E-state index contributed by atoms with van der Waals surface area (Å²) in [6, 6.07) is 0. The summed E-state index contributed by atoms with van der Waals surface area (Å²) in [5.74, 6) is 4.66. The molecule has 0 spiro atoms. The molecule has 4 atom stereocenters. The smallest absolute Gasteiger partial charge is 0.0899 e. The first-order chi connectivity index (χ1) is 4.45. The number of hydrogen-bond acceptors (Lipinski definition) is 1. The maximum atomic E-state index is 5.20. The highest BCUT2D eigenvalue weighted by molar-refractivity contribution is 5.20. The second-order valence-corrected chi connectivity index (χ2v) is 4.19. The zero-order valence-electron chi connectivity index (χ0n) is 5.29. The fourth-order valence-corrected chi connectivity index (χ4v) is 2.41. The molecule has 4 unspecified atom stereocenters. The predicted molar refractivity (Wildman–Crippen MR) is 31.9 cm³/mol. The van der Waals surface area contributed by atoms with E-state index < -0.39 is 0 Å². The van der Waals surface area contributed by atoms with Crippen molar-refractivity contribution in [2.45, 2.75) is 25.0 Å². The molecule has 1 heterocycles. The normalized spacial score (nSPS) is 78.7. The third-order valence-corrected chi connectivity index (χ3v) is 3.66. The number of epoxide rings is 1. The minimum Gasteiger partial charge on any atom is -0.369 e. The van der Waals surface area contributed by atoms with Gasteiger partial charge in [-0.2, -0.15) is 0 Å². The lowest BCUT2D eigenvalue weighted by Crippen LogP contribution is -2.00. The summed E-state index contributed by atoms with van der Waals surface area (Å²) in [4.78, 5) is 0. The van der Waals surface area contributed by atoms with Crippen LogP contribution in [0.3, 0.4) is 0 Å². The first-order valence-electron chi connectivity index (χ1n) is 4.10. The van der Waals surface area contributed by atoms with Crippen LogP contribution in [0.15, 0.2) is 0 Å². The van der Waals surface area contributed by atoms with Crippen molar-refractivity contribution < 1.29 is 4.74 Å². The quantitative estimate of drug-likeness (QED) is 0.498. The third-order valence-electron chi connectivity index (χ3n) is 3.66. The van der Waals surface area contributed by atoms with Crippen LogP contribution in [0, 0.1) is 23.7 Å². The van der Waals surface area contributed by atoms with Gasteiger partial charge in [0.25, 0.3) is 0 Å².